The highest BCUT2D eigenvalue weighted by molar-refractivity contribution is 6.34. The average molecular weight is 476 g/mol. The summed E-state index contributed by atoms with van der Waals surface area (Å²) < 4.78 is 5.52. The molecule has 0 saturated carbocycles. The molecular formula is C31H25NO4. The SMILES string of the molecule is O=C(C(C(=O)c1ccccc1)=C(C(=O)c1ccc2ccccc2c1)N1CCOCC1)c1ccccc1. The van der Waals surface area contributed by atoms with Crippen LogP contribution >= 0.6 is 0 Å². The van der Waals surface area contributed by atoms with Gasteiger partial charge in [-0.2, -0.15) is 0 Å². The molecule has 0 unspecified atom stereocenters. The van der Waals surface area contributed by atoms with Crippen molar-refractivity contribution >= 4 is 28.1 Å². The Morgan fingerprint density at radius 2 is 1.08 bits per heavy atom. The van der Waals surface area contributed by atoms with Gasteiger partial charge in [-0.05, 0) is 16.8 Å². The van der Waals surface area contributed by atoms with Gasteiger partial charge in [0.1, 0.15) is 5.70 Å². The van der Waals surface area contributed by atoms with E-state index in [1.807, 2.05) is 53.4 Å². The molecule has 4 aromatic carbocycles. The summed E-state index contributed by atoms with van der Waals surface area (Å²) in [6, 6.07) is 30.5. The number of carbonyl (C=O) groups is 3. The van der Waals surface area contributed by atoms with Crippen LogP contribution in [0.5, 0.6) is 0 Å². The van der Waals surface area contributed by atoms with Crippen molar-refractivity contribution in [3.05, 3.63) is 131 Å². The molecule has 0 aliphatic carbocycles. The van der Waals surface area contributed by atoms with Crippen molar-refractivity contribution in [1.82, 2.24) is 4.90 Å². The summed E-state index contributed by atoms with van der Waals surface area (Å²) >= 11 is 0. The van der Waals surface area contributed by atoms with Crippen molar-refractivity contribution in [1.29, 1.82) is 0 Å². The lowest BCUT2D eigenvalue weighted by Gasteiger charge is -2.31. The molecule has 1 aliphatic heterocycles. The molecule has 0 amide bonds. The smallest absolute Gasteiger partial charge is 0.209 e. The molecule has 0 radical (unpaired) electrons. The summed E-state index contributed by atoms with van der Waals surface area (Å²) in [5, 5.41) is 1.92. The second kappa shape index (κ2) is 10.5. The number of rotatable bonds is 7. The Morgan fingerprint density at radius 1 is 0.556 bits per heavy atom. The van der Waals surface area contributed by atoms with Crippen LogP contribution in [0.3, 0.4) is 0 Å². The number of nitrogens with zero attached hydrogens (tertiary/aromatic N) is 1. The standard InChI is InChI=1S/C31H25NO4/c33-29(23-10-3-1-4-11-23)27(30(34)24-12-5-2-6-13-24)28(32-17-19-36-20-18-32)31(35)26-16-15-22-9-7-8-14-25(22)21-26/h1-16,21H,17-20H2. The lowest BCUT2D eigenvalue weighted by atomic mass is 9.90. The minimum atomic E-state index is -0.472. The zero-order chi connectivity index (χ0) is 24.9. The lowest BCUT2D eigenvalue weighted by Crippen LogP contribution is -2.40. The van der Waals surface area contributed by atoms with E-state index < -0.39 is 11.6 Å². The van der Waals surface area contributed by atoms with Crippen LogP contribution in [0.25, 0.3) is 10.8 Å². The van der Waals surface area contributed by atoms with Gasteiger partial charge in [-0.3, -0.25) is 14.4 Å². The fourth-order valence-electron chi connectivity index (χ4n) is 4.46. The van der Waals surface area contributed by atoms with E-state index in [1.165, 1.54) is 0 Å². The molecule has 4 aromatic rings. The first-order chi connectivity index (χ1) is 17.6. The van der Waals surface area contributed by atoms with Crippen molar-refractivity contribution in [2.75, 3.05) is 26.3 Å². The van der Waals surface area contributed by atoms with Crippen molar-refractivity contribution in [3.63, 3.8) is 0 Å². The molecule has 0 atom stereocenters. The summed E-state index contributed by atoms with van der Waals surface area (Å²) in [6.45, 7) is 1.62. The quantitative estimate of drug-likeness (QED) is 0.156. The number of benzene rings is 4. The Labute approximate surface area is 209 Å². The minimum Gasteiger partial charge on any atom is -0.378 e. The van der Waals surface area contributed by atoms with Gasteiger partial charge in [0.25, 0.3) is 0 Å². The fourth-order valence-corrected chi connectivity index (χ4v) is 4.46. The molecule has 0 bridgehead atoms. The van der Waals surface area contributed by atoms with E-state index in [9.17, 15) is 14.4 Å². The second-order valence-electron chi connectivity index (χ2n) is 8.60. The van der Waals surface area contributed by atoms with E-state index in [2.05, 4.69) is 0 Å². The average Bonchev–Trinajstić information content (AvgIpc) is 2.96. The van der Waals surface area contributed by atoms with Crippen molar-refractivity contribution in [2.45, 2.75) is 0 Å². The molecule has 0 N–H and O–H groups in total. The topological polar surface area (TPSA) is 63.7 Å². The number of fused-ring (bicyclic) bond motifs is 1. The van der Waals surface area contributed by atoms with Crippen LogP contribution in [0.4, 0.5) is 0 Å². The van der Waals surface area contributed by atoms with E-state index in [0.29, 0.717) is 43.0 Å². The molecule has 1 heterocycles. The summed E-state index contributed by atoms with van der Waals surface area (Å²) in [7, 11) is 0. The lowest BCUT2D eigenvalue weighted by molar-refractivity contribution is 0.0495. The number of ketones is 3. The third kappa shape index (κ3) is 4.74. The predicted molar refractivity (Wildman–Crippen MR) is 139 cm³/mol. The van der Waals surface area contributed by atoms with Gasteiger partial charge in [0.2, 0.25) is 5.78 Å². The number of hydrogen-bond acceptors (Lipinski definition) is 5. The molecule has 1 fully saturated rings. The van der Waals surface area contributed by atoms with E-state index in [0.717, 1.165) is 10.8 Å². The van der Waals surface area contributed by atoms with Gasteiger partial charge >= 0.3 is 0 Å². The number of ether oxygens (including phenoxy) is 1. The van der Waals surface area contributed by atoms with Gasteiger partial charge in [0.15, 0.2) is 11.6 Å². The maximum atomic E-state index is 14.2. The zero-order valence-corrected chi connectivity index (χ0v) is 19.7. The first kappa shape index (κ1) is 23.4. The maximum absolute atomic E-state index is 14.2. The van der Waals surface area contributed by atoms with Crippen LogP contribution < -0.4 is 0 Å². The highest BCUT2D eigenvalue weighted by Gasteiger charge is 2.33. The number of morpholine rings is 1. The molecule has 36 heavy (non-hydrogen) atoms. The molecular weight excluding hydrogens is 450 g/mol. The fraction of sp³-hybridized carbons (Fsp3) is 0.129. The third-order valence-electron chi connectivity index (χ3n) is 6.32. The Hall–Kier alpha value is -4.35. The van der Waals surface area contributed by atoms with Crippen molar-refractivity contribution < 1.29 is 19.1 Å². The van der Waals surface area contributed by atoms with Crippen molar-refractivity contribution in [2.24, 2.45) is 0 Å². The first-order valence-corrected chi connectivity index (χ1v) is 11.9. The third-order valence-corrected chi connectivity index (χ3v) is 6.32. The largest absolute Gasteiger partial charge is 0.378 e. The molecule has 0 spiro atoms. The summed E-state index contributed by atoms with van der Waals surface area (Å²) in [6.07, 6.45) is 0. The normalized spacial score (nSPS) is 13.3. The Morgan fingerprint density at radius 3 is 1.67 bits per heavy atom. The van der Waals surface area contributed by atoms with E-state index >= 15 is 0 Å². The summed E-state index contributed by atoms with van der Waals surface area (Å²) in [5.74, 6) is -1.30. The summed E-state index contributed by atoms with van der Waals surface area (Å²) in [5.41, 5.74) is 1.14. The highest BCUT2D eigenvalue weighted by atomic mass is 16.5. The molecule has 1 aliphatic rings. The van der Waals surface area contributed by atoms with Gasteiger partial charge in [-0.15, -0.1) is 0 Å². The highest BCUT2D eigenvalue weighted by Crippen LogP contribution is 2.26. The van der Waals surface area contributed by atoms with Crippen LogP contribution in [0.2, 0.25) is 0 Å². The molecule has 5 rings (SSSR count). The molecule has 178 valence electrons. The van der Waals surface area contributed by atoms with Crippen LogP contribution in [0.1, 0.15) is 31.1 Å². The Bertz CT molecular complexity index is 1400. The van der Waals surface area contributed by atoms with Crippen molar-refractivity contribution in [3.8, 4) is 0 Å². The number of hydrogen-bond donors (Lipinski definition) is 0. The van der Waals surface area contributed by atoms with Gasteiger partial charge in [-0.25, -0.2) is 0 Å². The first-order valence-electron chi connectivity index (χ1n) is 11.9. The predicted octanol–water partition coefficient (Wildman–Crippen LogP) is 5.37. The Balaban J connectivity index is 1.73. The van der Waals surface area contributed by atoms with E-state index in [1.54, 1.807) is 54.6 Å². The van der Waals surface area contributed by atoms with Crippen LogP contribution in [-0.4, -0.2) is 48.6 Å². The monoisotopic (exact) mass is 475 g/mol. The van der Waals surface area contributed by atoms with E-state index in [4.69, 9.17) is 4.74 Å². The number of Topliss-reactive ketones (excluding diaryl/α,β-unsaturated/α-hetero) is 3. The van der Waals surface area contributed by atoms with E-state index in [-0.39, 0.29) is 17.1 Å². The van der Waals surface area contributed by atoms with Crippen LogP contribution in [0.15, 0.2) is 114 Å². The minimum absolute atomic E-state index is 0.118. The number of allylic oxidation sites excluding steroid dienone is 2. The van der Waals surface area contributed by atoms with Crippen LogP contribution in [-0.2, 0) is 4.74 Å². The molecule has 1 saturated heterocycles. The van der Waals surface area contributed by atoms with Gasteiger partial charge in [-0.1, -0.05) is 97.1 Å². The van der Waals surface area contributed by atoms with Gasteiger partial charge in [0.05, 0.1) is 18.8 Å². The van der Waals surface area contributed by atoms with Crippen LogP contribution in [0, 0.1) is 0 Å². The molecule has 5 nitrogen and oxygen atoms in total. The maximum Gasteiger partial charge on any atom is 0.209 e. The second-order valence-corrected chi connectivity index (χ2v) is 8.60. The molecule has 5 heteroatoms. The molecule has 0 aromatic heterocycles. The zero-order valence-electron chi connectivity index (χ0n) is 19.7. The summed E-state index contributed by atoms with van der Waals surface area (Å²) in [4.78, 5) is 43.8. The van der Waals surface area contributed by atoms with Gasteiger partial charge < -0.3 is 9.64 Å². The van der Waals surface area contributed by atoms with Gasteiger partial charge in [0, 0.05) is 29.8 Å². The Kier molecular flexibility index (Phi) is 6.83. The number of carbonyl (C=O) groups excluding carboxylic acids is 3.